The van der Waals surface area contributed by atoms with Crippen molar-refractivity contribution in [1.29, 1.82) is 0 Å². The molecule has 3 atom stereocenters. The number of hydrogen-bond donors (Lipinski definition) is 0. The predicted octanol–water partition coefficient (Wildman–Crippen LogP) is 6.14. The second kappa shape index (κ2) is 4.75. The van der Waals surface area contributed by atoms with Crippen LogP contribution in [-0.2, 0) is 0 Å². The van der Waals surface area contributed by atoms with Crippen LogP contribution in [0.25, 0.3) is 0 Å². The van der Waals surface area contributed by atoms with E-state index in [4.69, 9.17) is 0 Å². The van der Waals surface area contributed by atoms with E-state index >= 15 is 0 Å². The molecule has 0 spiro atoms. The van der Waals surface area contributed by atoms with Crippen LogP contribution >= 0.6 is 0 Å². The minimum absolute atomic E-state index is 0.556. The molecule has 0 nitrogen and oxygen atoms in total. The van der Waals surface area contributed by atoms with Crippen molar-refractivity contribution in [3.05, 3.63) is 23.3 Å². The largest absolute Gasteiger partial charge is 0.0804 e. The molecule has 0 bridgehead atoms. The first-order valence-corrected chi connectivity index (χ1v) is 8.75. The standard InChI is InChI=1S/C20H32/c1-14(2)15-7-9-17-16(13-15)8-10-18-19(3,4)11-6-12-20(17,18)5/h7,13-14,17-18H,6,8-12H2,1-5H3/t17-,18?,20+/m0/s1. The van der Waals surface area contributed by atoms with Gasteiger partial charge in [-0.2, -0.15) is 0 Å². The first-order valence-electron chi connectivity index (χ1n) is 8.75. The molecule has 0 aromatic rings. The molecule has 0 aromatic carbocycles. The average Bonchev–Trinajstić information content (AvgIpc) is 2.37. The van der Waals surface area contributed by atoms with Crippen LogP contribution in [0.4, 0.5) is 0 Å². The van der Waals surface area contributed by atoms with E-state index in [1.807, 2.05) is 0 Å². The van der Waals surface area contributed by atoms with Crippen molar-refractivity contribution in [3.63, 3.8) is 0 Å². The quantitative estimate of drug-likeness (QED) is 0.537. The molecule has 0 aliphatic heterocycles. The molecule has 0 N–H and O–H groups in total. The van der Waals surface area contributed by atoms with E-state index in [9.17, 15) is 0 Å². The van der Waals surface area contributed by atoms with E-state index in [0.29, 0.717) is 16.7 Å². The second-order valence-corrected chi connectivity index (χ2v) is 8.81. The van der Waals surface area contributed by atoms with Crippen LogP contribution in [-0.4, -0.2) is 0 Å². The van der Waals surface area contributed by atoms with Crippen LogP contribution in [0.1, 0.15) is 73.1 Å². The van der Waals surface area contributed by atoms with Crippen molar-refractivity contribution in [2.75, 3.05) is 0 Å². The minimum Gasteiger partial charge on any atom is -0.0804 e. The summed E-state index contributed by atoms with van der Waals surface area (Å²) >= 11 is 0. The zero-order valence-electron chi connectivity index (χ0n) is 14.1. The molecule has 1 unspecified atom stereocenters. The fourth-order valence-electron chi connectivity index (χ4n) is 5.73. The molecule has 3 aliphatic carbocycles. The molecule has 112 valence electrons. The van der Waals surface area contributed by atoms with Gasteiger partial charge in [-0.1, -0.05) is 58.8 Å². The maximum Gasteiger partial charge on any atom is -0.0108 e. The van der Waals surface area contributed by atoms with Crippen LogP contribution in [0.5, 0.6) is 0 Å². The zero-order valence-corrected chi connectivity index (χ0v) is 14.1. The van der Waals surface area contributed by atoms with Gasteiger partial charge in [0.15, 0.2) is 0 Å². The number of rotatable bonds is 1. The summed E-state index contributed by atoms with van der Waals surface area (Å²) in [6, 6.07) is 0. The molecular formula is C20H32. The molecule has 0 amide bonds. The Hall–Kier alpha value is -0.520. The SMILES string of the molecule is CC(C)C1=CC[C@H]2C(=C1)CCC1C(C)(C)CCC[C@@]12C. The van der Waals surface area contributed by atoms with Gasteiger partial charge in [0.1, 0.15) is 0 Å². The molecule has 20 heavy (non-hydrogen) atoms. The third-order valence-corrected chi connectivity index (χ3v) is 6.85. The van der Waals surface area contributed by atoms with Crippen LogP contribution in [0, 0.1) is 28.6 Å². The molecule has 3 rings (SSSR count). The van der Waals surface area contributed by atoms with Crippen LogP contribution in [0.15, 0.2) is 23.3 Å². The molecule has 0 saturated heterocycles. The summed E-state index contributed by atoms with van der Waals surface area (Å²) in [6.45, 7) is 12.3. The lowest BCUT2D eigenvalue weighted by Crippen LogP contribution is -2.49. The molecular weight excluding hydrogens is 240 g/mol. The van der Waals surface area contributed by atoms with Gasteiger partial charge in [0.25, 0.3) is 0 Å². The van der Waals surface area contributed by atoms with Crippen molar-refractivity contribution < 1.29 is 0 Å². The Kier molecular flexibility index (Phi) is 3.42. The summed E-state index contributed by atoms with van der Waals surface area (Å²) in [5.41, 5.74) is 4.49. The van der Waals surface area contributed by atoms with Gasteiger partial charge in [-0.15, -0.1) is 0 Å². The summed E-state index contributed by atoms with van der Waals surface area (Å²) in [5, 5.41) is 0. The second-order valence-electron chi connectivity index (χ2n) is 8.81. The van der Waals surface area contributed by atoms with E-state index in [1.165, 1.54) is 38.5 Å². The van der Waals surface area contributed by atoms with Gasteiger partial charge in [0.05, 0.1) is 0 Å². The highest BCUT2D eigenvalue weighted by molar-refractivity contribution is 5.34. The lowest BCUT2D eigenvalue weighted by molar-refractivity contribution is -0.0518. The Morgan fingerprint density at radius 3 is 2.60 bits per heavy atom. The Morgan fingerprint density at radius 2 is 1.90 bits per heavy atom. The highest BCUT2D eigenvalue weighted by Gasteiger charge is 2.53. The molecule has 2 fully saturated rings. The zero-order chi connectivity index (χ0) is 14.5. The third kappa shape index (κ3) is 2.11. The smallest absolute Gasteiger partial charge is 0.0108 e. The maximum atomic E-state index is 2.62. The molecule has 3 aliphatic rings. The summed E-state index contributed by atoms with van der Waals surface area (Å²) in [6.07, 6.45) is 13.5. The summed E-state index contributed by atoms with van der Waals surface area (Å²) in [5.74, 6) is 2.46. The van der Waals surface area contributed by atoms with E-state index < -0.39 is 0 Å². The number of hydrogen-bond acceptors (Lipinski definition) is 0. The van der Waals surface area contributed by atoms with Gasteiger partial charge in [-0.3, -0.25) is 0 Å². The fraction of sp³-hybridized carbons (Fsp3) is 0.800. The first kappa shape index (κ1) is 14.4. The Morgan fingerprint density at radius 1 is 1.15 bits per heavy atom. The van der Waals surface area contributed by atoms with Crippen molar-refractivity contribution in [1.82, 2.24) is 0 Å². The van der Waals surface area contributed by atoms with Crippen molar-refractivity contribution in [3.8, 4) is 0 Å². The predicted molar refractivity (Wildman–Crippen MR) is 87.6 cm³/mol. The van der Waals surface area contributed by atoms with E-state index in [2.05, 4.69) is 46.8 Å². The highest BCUT2D eigenvalue weighted by atomic mass is 14.6. The molecule has 0 aromatic heterocycles. The van der Waals surface area contributed by atoms with Gasteiger partial charge < -0.3 is 0 Å². The number of allylic oxidation sites excluding steroid dienone is 4. The Labute approximate surface area is 125 Å². The normalized spacial score (nSPS) is 39.7. The number of fused-ring (bicyclic) bond motifs is 3. The summed E-state index contributed by atoms with van der Waals surface area (Å²) < 4.78 is 0. The molecule has 2 saturated carbocycles. The van der Waals surface area contributed by atoms with Crippen LogP contribution in [0.2, 0.25) is 0 Å². The topological polar surface area (TPSA) is 0 Å². The molecule has 0 radical (unpaired) electrons. The maximum absolute atomic E-state index is 2.62. The van der Waals surface area contributed by atoms with Crippen molar-refractivity contribution >= 4 is 0 Å². The van der Waals surface area contributed by atoms with Gasteiger partial charge >= 0.3 is 0 Å². The van der Waals surface area contributed by atoms with Crippen LogP contribution in [0.3, 0.4) is 0 Å². The van der Waals surface area contributed by atoms with Gasteiger partial charge in [-0.05, 0) is 66.3 Å². The van der Waals surface area contributed by atoms with Gasteiger partial charge in [0, 0.05) is 0 Å². The molecule has 0 heterocycles. The van der Waals surface area contributed by atoms with Gasteiger partial charge in [-0.25, -0.2) is 0 Å². The first-order chi connectivity index (χ1) is 9.34. The Bertz CT molecular complexity index is 449. The van der Waals surface area contributed by atoms with E-state index in [1.54, 1.807) is 11.1 Å². The van der Waals surface area contributed by atoms with Gasteiger partial charge in [0.2, 0.25) is 0 Å². The van der Waals surface area contributed by atoms with Crippen molar-refractivity contribution in [2.45, 2.75) is 73.1 Å². The lowest BCUT2D eigenvalue weighted by atomic mass is 9.46. The Balaban J connectivity index is 1.92. The third-order valence-electron chi connectivity index (χ3n) is 6.85. The monoisotopic (exact) mass is 272 g/mol. The lowest BCUT2D eigenvalue weighted by Gasteiger charge is -2.58. The minimum atomic E-state index is 0.556. The average molecular weight is 272 g/mol. The highest BCUT2D eigenvalue weighted by Crippen LogP contribution is 2.62. The van der Waals surface area contributed by atoms with Crippen LogP contribution < -0.4 is 0 Å². The van der Waals surface area contributed by atoms with E-state index in [-0.39, 0.29) is 0 Å². The van der Waals surface area contributed by atoms with E-state index in [0.717, 1.165) is 11.8 Å². The summed E-state index contributed by atoms with van der Waals surface area (Å²) in [4.78, 5) is 0. The fourth-order valence-corrected chi connectivity index (χ4v) is 5.73. The summed E-state index contributed by atoms with van der Waals surface area (Å²) in [7, 11) is 0. The molecule has 0 heteroatoms. The van der Waals surface area contributed by atoms with Crippen molar-refractivity contribution in [2.24, 2.45) is 28.6 Å².